The molecule has 0 radical (unpaired) electrons. The molecule has 4 aliphatic heterocycles. The molecule has 6 N–H and O–H groups in total. The average Bonchev–Trinajstić information content (AvgIpc) is 1.75. The van der Waals surface area contributed by atoms with Crippen molar-refractivity contribution in [1.29, 1.82) is 21.0 Å². The molecule has 131 heavy (non-hydrogen) atoms. The van der Waals surface area contributed by atoms with Crippen molar-refractivity contribution < 1.29 is 68.8 Å². The first-order chi connectivity index (χ1) is 63.6. The van der Waals surface area contributed by atoms with Gasteiger partial charge < -0.3 is 88.8 Å². The van der Waals surface area contributed by atoms with E-state index in [0.29, 0.717) is 196 Å². The highest BCUT2D eigenvalue weighted by molar-refractivity contribution is 5.95. The number of terminal acetylenes is 4. The monoisotopic (exact) mass is 1770 g/mol. The van der Waals surface area contributed by atoms with Gasteiger partial charge in [0.1, 0.15) is 102 Å². The number of aromatic nitrogens is 12. The van der Waals surface area contributed by atoms with E-state index in [2.05, 4.69) is 108 Å². The van der Waals surface area contributed by atoms with E-state index in [1.165, 1.54) is 24.8 Å². The van der Waals surface area contributed by atoms with Crippen LogP contribution in [0.2, 0.25) is 0 Å². The molecule has 16 rings (SSSR count). The summed E-state index contributed by atoms with van der Waals surface area (Å²) in [5.74, 6) is 12.6. The van der Waals surface area contributed by atoms with Gasteiger partial charge in [-0.25, -0.2) is 38.0 Å². The number of amides is 4. The zero-order valence-corrected chi connectivity index (χ0v) is 71.4. The maximum absolute atomic E-state index is 11.7. The number of hydrogen-bond acceptors (Lipinski definition) is 30. The number of nitrogens with zero attached hydrogens (tertiary/aromatic N) is 24. The Hall–Kier alpha value is -16.4. The van der Waals surface area contributed by atoms with E-state index in [1.807, 2.05) is 60.7 Å². The molecule has 12 aromatic heterocycles. The number of hydrogen-bond donors (Lipinski definition) is 6. The van der Waals surface area contributed by atoms with Crippen LogP contribution in [0.1, 0.15) is 42.5 Å². The minimum atomic E-state index is -1.01. The zero-order chi connectivity index (χ0) is 92.8. The summed E-state index contributed by atoms with van der Waals surface area (Å²) in [6, 6.07) is 31.1. The summed E-state index contributed by atoms with van der Waals surface area (Å²) in [7, 11) is 0. The SMILES string of the molecule is C#CC(=O)N1CCN(c2ccc(-c3cc(OCCCO)cn4ncc(C#N)c34)cn2)CC1.C#CC(=O)N1CCN(c2ccc(-c3cc(OC[C@@H](O)CO)cn4ncc(C#N)c34)cn2)CC1.C#CC(=O)N1CCN(c2ccc(-c3cc(OC[C@H](O)CO)cn4ncc(C#N)c34)cn2)CC1.C#CC(=O)N1CCN(c2ccc(-c3cc(O[C@H](C)[C@@H](C)O)cn4ncc(C#N)c34)cn2)CC1. The number of aliphatic hydroxyl groups is 6. The second-order valence-electron chi connectivity index (χ2n) is 30.3. The van der Waals surface area contributed by atoms with Crippen molar-refractivity contribution in [2.45, 2.75) is 44.7 Å². The summed E-state index contributed by atoms with van der Waals surface area (Å²) in [6.07, 6.45) is 37.8. The maximum atomic E-state index is 11.7. The van der Waals surface area contributed by atoms with E-state index >= 15 is 0 Å². The van der Waals surface area contributed by atoms with Crippen molar-refractivity contribution in [3.05, 3.63) is 169 Å². The fourth-order valence-corrected chi connectivity index (χ4v) is 14.8. The number of nitriles is 4. The molecule has 0 spiro atoms. The molecular formula is C93H90N24O14. The second-order valence-corrected chi connectivity index (χ2v) is 30.3. The minimum Gasteiger partial charge on any atom is -0.492 e. The number of aliphatic hydroxyl groups excluding tert-OH is 6. The molecule has 0 bridgehead atoms. The van der Waals surface area contributed by atoms with Gasteiger partial charge in [0.05, 0.1) is 120 Å². The van der Waals surface area contributed by atoms with Crippen LogP contribution in [0.15, 0.2) is 147 Å². The third-order valence-corrected chi connectivity index (χ3v) is 22.0. The predicted octanol–water partition coefficient (Wildman–Crippen LogP) is 3.57. The van der Waals surface area contributed by atoms with E-state index in [4.69, 9.17) is 60.0 Å². The lowest BCUT2D eigenvalue weighted by atomic mass is 10.1. The first-order valence-electron chi connectivity index (χ1n) is 41.6. The molecule has 4 fully saturated rings. The summed E-state index contributed by atoms with van der Waals surface area (Å²) in [5.41, 5.74) is 10.4. The van der Waals surface area contributed by atoms with Crippen molar-refractivity contribution >= 4 is 69.0 Å². The standard InChI is InChI=1S/C24H24N6O3.2C23H22N6O4.C23H22N6O3/c1-4-23(32)29-9-7-28(8-10-29)22-6-5-18(13-26-22)21-11-20(33-17(3)16(2)31)15-30-24(21)19(12-25)14-27-30;2*1-2-22(32)28-7-5-27(6-8-28)21-4-3-16(11-25-21)20-9-19(33-15-18(31)14-30)13-29-23(20)17(10-24)12-26-29;1-2-22(31)28-8-6-27(7-9-28)21-5-4-17(14-25-21)20-12-19(32-11-3-10-30)16-29-23(20)18(13-24)15-26-29/h1,5-6,11,13-17,31H,7-10H2,2-3H3;2*1,3-4,9,11-13,18,30-31H,5-8,14-15H2;1,4-5,12,14-16,30H,3,6-11H2/t16-,17-;2*18-;/m110./s1. The zero-order valence-electron chi connectivity index (χ0n) is 71.4. The van der Waals surface area contributed by atoms with Gasteiger partial charge in [0.15, 0.2) is 0 Å². The fourth-order valence-electron chi connectivity index (χ4n) is 14.8. The van der Waals surface area contributed by atoms with Crippen molar-refractivity contribution in [2.24, 2.45) is 0 Å². The van der Waals surface area contributed by atoms with Crippen LogP contribution in [0.5, 0.6) is 23.0 Å². The Kier molecular flexibility index (Phi) is 30.4. The van der Waals surface area contributed by atoms with Crippen molar-refractivity contribution in [3.63, 3.8) is 0 Å². The van der Waals surface area contributed by atoms with Gasteiger partial charge in [-0.2, -0.15) is 41.4 Å². The lowest BCUT2D eigenvalue weighted by Gasteiger charge is -2.34. The van der Waals surface area contributed by atoms with Gasteiger partial charge in [-0.3, -0.25) is 19.2 Å². The Morgan fingerprint density at radius 2 is 0.641 bits per heavy atom. The summed E-state index contributed by atoms with van der Waals surface area (Å²) < 4.78 is 29.1. The van der Waals surface area contributed by atoms with Crippen LogP contribution >= 0.6 is 0 Å². The molecule has 666 valence electrons. The van der Waals surface area contributed by atoms with E-state index in [-0.39, 0.29) is 43.4 Å². The number of carbonyl (C=O) groups is 4. The number of ether oxygens (including phenoxy) is 4. The van der Waals surface area contributed by atoms with E-state index in [9.17, 15) is 55.5 Å². The first kappa shape index (κ1) is 92.3. The van der Waals surface area contributed by atoms with Crippen LogP contribution in [0.4, 0.5) is 23.3 Å². The van der Waals surface area contributed by atoms with E-state index in [0.717, 1.165) is 56.7 Å². The summed E-state index contributed by atoms with van der Waals surface area (Å²) >= 11 is 0. The summed E-state index contributed by atoms with van der Waals surface area (Å²) in [4.78, 5) is 80.1. The quantitative estimate of drug-likeness (QED) is 0.0394. The van der Waals surface area contributed by atoms with Gasteiger partial charge in [-0.05, 0) is 110 Å². The Morgan fingerprint density at radius 1 is 0.382 bits per heavy atom. The first-order valence-corrected chi connectivity index (χ1v) is 41.6. The van der Waals surface area contributed by atoms with Crippen LogP contribution in [-0.2, 0) is 19.2 Å². The van der Waals surface area contributed by atoms with Gasteiger partial charge in [0.25, 0.3) is 23.6 Å². The lowest BCUT2D eigenvalue weighted by molar-refractivity contribution is -0.126. The molecule has 16 heterocycles. The maximum Gasteiger partial charge on any atom is 0.298 e. The number of fused-ring (bicyclic) bond motifs is 4. The van der Waals surface area contributed by atoms with Crippen molar-refractivity contribution in [2.75, 3.05) is 164 Å². The van der Waals surface area contributed by atoms with Gasteiger partial charge in [-0.15, -0.1) is 25.7 Å². The molecule has 38 nitrogen and oxygen atoms in total. The second kappa shape index (κ2) is 43.2. The van der Waals surface area contributed by atoms with Crippen LogP contribution < -0.4 is 38.5 Å². The van der Waals surface area contributed by atoms with Crippen molar-refractivity contribution in [3.8, 4) is 141 Å². The van der Waals surface area contributed by atoms with E-state index < -0.39 is 37.6 Å². The Labute approximate surface area is 752 Å². The number of pyridine rings is 8. The largest absolute Gasteiger partial charge is 0.492 e. The lowest BCUT2D eigenvalue weighted by Crippen LogP contribution is -2.48. The number of anilines is 4. The third-order valence-electron chi connectivity index (χ3n) is 22.0. The Bertz CT molecular complexity index is 6270. The molecular weight excluding hydrogens is 1680 g/mol. The highest BCUT2D eigenvalue weighted by atomic mass is 16.5. The highest BCUT2D eigenvalue weighted by Gasteiger charge is 2.28. The summed E-state index contributed by atoms with van der Waals surface area (Å²) in [5, 5.41) is 111. The molecule has 4 saturated heterocycles. The molecule has 4 aliphatic rings. The van der Waals surface area contributed by atoms with Gasteiger partial charge in [0, 0.05) is 187 Å². The van der Waals surface area contributed by atoms with Crippen molar-refractivity contribution in [1.82, 2.24) is 78.0 Å². The molecule has 0 aliphatic carbocycles. The molecule has 4 amide bonds. The summed E-state index contributed by atoms with van der Waals surface area (Å²) in [6.45, 7) is 12.3. The molecule has 38 heteroatoms. The highest BCUT2D eigenvalue weighted by Crippen LogP contribution is 2.37. The van der Waals surface area contributed by atoms with Gasteiger partial charge in [-0.1, -0.05) is 0 Å². The predicted molar refractivity (Wildman–Crippen MR) is 479 cm³/mol. The molecule has 0 unspecified atom stereocenters. The Morgan fingerprint density at radius 3 is 0.870 bits per heavy atom. The average molecular weight is 1770 g/mol. The number of rotatable bonds is 23. The third kappa shape index (κ3) is 21.8. The number of carbonyl (C=O) groups excluding carboxylic acids is 4. The van der Waals surface area contributed by atoms with Crippen LogP contribution in [0, 0.1) is 94.7 Å². The molecule has 0 saturated carbocycles. The fraction of sp³-hybridized carbons (Fsp3) is 0.312. The van der Waals surface area contributed by atoms with Gasteiger partial charge in [0.2, 0.25) is 0 Å². The van der Waals surface area contributed by atoms with Crippen LogP contribution in [0.25, 0.3) is 66.6 Å². The smallest absolute Gasteiger partial charge is 0.298 e. The topological polar surface area (TPSA) is 468 Å². The van der Waals surface area contributed by atoms with Crippen LogP contribution in [0.3, 0.4) is 0 Å². The normalized spacial score (nSPS) is 14.6. The van der Waals surface area contributed by atoms with Gasteiger partial charge >= 0.3 is 0 Å². The Balaban J connectivity index is 0.000000149. The molecule has 0 aromatic carbocycles. The number of piperazine rings is 4. The minimum absolute atomic E-state index is 0.0476. The molecule has 12 aromatic rings. The molecule has 4 atom stereocenters. The van der Waals surface area contributed by atoms with E-state index in [1.54, 1.807) is 113 Å². The van der Waals surface area contributed by atoms with Crippen LogP contribution in [-0.4, -0.2) is 301 Å².